The number of fused-ring (bicyclic) bond motifs is 7. The van der Waals surface area contributed by atoms with Gasteiger partial charge in [0.15, 0.2) is 23.2 Å². The fourth-order valence-electron chi connectivity index (χ4n) is 7.76. The highest BCUT2D eigenvalue weighted by Gasteiger charge is 2.46. The van der Waals surface area contributed by atoms with E-state index in [9.17, 15) is 0 Å². The van der Waals surface area contributed by atoms with Crippen LogP contribution in [0.15, 0.2) is 110 Å². The van der Waals surface area contributed by atoms with E-state index >= 15 is 0 Å². The first-order valence-electron chi connectivity index (χ1n) is 15.1. The van der Waals surface area contributed by atoms with Gasteiger partial charge >= 0.3 is 0 Å². The summed E-state index contributed by atoms with van der Waals surface area (Å²) in [6.45, 7) is 13.9. The molecule has 1 aromatic heterocycles. The van der Waals surface area contributed by atoms with Crippen LogP contribution in [0.25, 0.3) is 28.0 Å². The van der Waals surface area contributed by atoms with E-state index in [0.29, 0.717) is 0 Å². The highest BCUT2D eigenvalue weighted by molar-refractivity contribution is 5.94. The van der Waals surface area contributed by atoms with Crippen LogP contribution < -0.4 is 14.2 Å². The summed E-state index contributed by atoms with van der Waals surface area (Å²) in [7, 11) is 0. The number of pyridine rings is 1. The number of anilines is 3. The third-order valence-corrected chi connectivity index (χ3v) is 10.1. The van der Waals surface area contributed by atoms with Crippen molar-refractivity contribution >= 4 is 22.6 Å². The maximum absolute atomic E-state index is 6.40. The number of allylic oxidation sites excluding steroid dienone is 1. The second-order valence-electron chi connectivity index (χ2n) is 12.3. The first-order valence-corrected chi connectivity index (χ1v) is 15.1. The number of aromatic nitrogens is 1. The third kappa shape index (κ3) is 3.14. The lowest BCUT2D eigenvalue weighted by Gasteiger charge is -2.45. The summed E-state index contributed by atoms with van der Waals surface area (Å²) in [4.78, 5) is 2.40. The summed E-state index contributed by atoms with van der Waals surface area (Å²) in [6.07, 6.45) is 4.26. The monoisotopic (exact) mass is 547 g/mol. The van der Waals surface area contributed by atoms with Crippen LogP contribution in [-0.2, 0) is 11.0 Å². The molecule has 8 rings (SSSR count). The van der Waals surface area contributed by atoms with E-state index < -0.39 is 0 Å². The van der Waals surface area contributed by atoms with Crippen LogP contribution in [-0.4, -0.2) is 0 Å². The van der Waals surface area contributed by atoms with Crippen LogP contribution in [0.2, 0.25) is 0 Å². The molecule has 0 atom stereocenters. The van der Waals surface area contributed by atoms with E-state index in [1.165, 1.54) is 50.3 Å². The second kappa shape index (κ2) is 8.69. The smallest absolute Gasteiger partial charge is 0.213 e. The molecule has 0 N–H and O–H groups in total. The zero-order valence-corrected chi connectivity index (χ0v) is 24.7. The molecule has 0 radical (unpaired) electrons. The number of hydrogen-bond acceptors (Lipinski definition) is 2. The van der Waals surface area contributed by atoms with E-state index in [4.69, 9.17) is 4.74 Å². The largest absolute Gasteiger partial charge is 0.453 e. The first-order chi connectivity index (χ1) is 20.4. The van der Waals surface area contributed by atoms with Gasteiger partial charge in [0.25, 0.3) is 0 Å². The van der Waals surface area contributed by atoms with Crippen LogP contribution in [0.4, 0.5) is 17.1 Å². The molecule has 3 aliphatic heterocycles. The Bertz CT molecular complexity index is 1940. The molecule has 206 valence electrons. The van der Waals surface area contributed by atoms with Crippen LogP contribution in [0.3, 0.4) is 0 Å². The van der Waals surface area contributed by atoms with Gasteiger partial charge in [-0.1, -0.05) is 76.7 Å². The maximum Gasteiger partial charge on any atom is 0.213 e. The van der Waals surface area contributed by atoms with Crippen molar-refractivity contribution in [2.24, 2.45) is 0 Å². The lowest BCUT2D eigenvalue weighted by atomic mass is 9.72. The Morgan fingerprint density at radius 1 is 0.714 bits per heavy atom. The van der Waals surface area contributed by atoms with E-state index in [2.05, 4.69) is 141 Å². The minimum atomic E-state index is -0.199. The minimum absolute atomic E-state index is 0.0956. The number of rotatable bonds is 3. The molecule has 3 heteroatoms. The molecule has 0 saturated carbocycles. The molecule has 42 heavy (non-hydrogen) atoms. The standard InChI is InChI=1S/C39H35N2O/c1-6-39(7-2)25(3)28-20-18-26(23-29(28)32-14-10-11-22-40(32)39)27-19-21-33-31(24-27)38(4,5)30-13-12-17-36-37(30)41(33)34-15-8-9-16-35(34)42-36/h8-24H,3,6-7H2,1-2,4-5H3/q+1. The van der Waals surface area contributed by atoms with Crippen LogP contribution >= 0.6 is 0 Å². The fourth-order valence-corrected chi connectivity index (χ4v) is 7.76. The van der Waals surface area contributed by atoms with E-state index in [0.717, 1.165) is 35.7 Å². The topological polar surface area (TPSA) is 16.4 Å². The zero-order valence-electron chi connectivity index (χ0n) is 24.7. The van der Waals surface area contributed by atoms with Crippen LogP contribution in [0.1, 0.15) is 57.2 Å². The van der Waals surface area contributed by atoms with Crippen molar-refractivity contribution in [3.8, 4) is 33.9 Å². The van der Waals surface area contributed by atoms with E-state index in [1.54, 1.807) is 0 Å². The fraction of sp³-hybridized carbons (Fsp3) is 0.205. The SMILES string of the molecule is C=C1c2ccc(-c3ccc4c(c3)C(C)(C)c3cccc5c3N4c3ccccc3O5)cc2-c2cccc[n+]2C1(CC)CC. The Morgan fingerprint density at radius 2 is 1.45 bits per heavy atom. The Labute approximate surface area is 248 Å². The van der Waals surface area contributed by atoms with Gasteiger partial charge in [0.1, 0.15) is 0 Å². The average molecular weight is 548 g/mol. The van der Waals surface area contributed by atoms with Crippen LogP contribution in [0.5, 0.6) is 11.5 Å². The van der Waals surface area contributed by atoms with Gasteiger partial charge in [-0.3, -0.25) is 0 Å². The quantitative estimate of drug-likeness (QED) is 0.205. The van der Waals surface area contributed by atoms with Gasteiger partial charge in [0.05, 0.1) is 22.6 Å². The molecule has 0 fully saturated rings. The summed E-state index contributed by atoms with van der Waals surface area (Å²) < 4.78 is 8.86. The molecule has 0 amide bonds. The lowest BCUT2D eigenvalue weighted by molar-refractivity contribution is -0.741. The van der Waals surface area contributed by atoms with Gasteiger partial charge in [-0.2, -0.15) is 4.57 Å². The minimum Gasteiger partial charge on any atom is -0.453 e. The van der Waals surface area contributed by atoms with Crippen molar-refractivity contribution in [3.63, 3.8) is 0 Å². The molecule has 3 aliphatic rings. The molecule has 0 saturated heterocycles. The van der Waals surface area contributed by atoms with E-state index in [1.807, 2.05) is 6.07 Å². The van der Waals surface area contributed by atoms with Crippen LogP contribution in [0, 0.1) is 0 Å². The molecule has 0 unspecified atom stereocenters. The molecule has 0 bridgehead atoms. The van der Waals surface area contributed by atoms with Gasteiger partial charge in [0, 0.05) is 36.0 Å². The number of benzene rings is 4. The predicted octanol–water partition coefficient (Wildman–Crippen LogP) is 10.1. The molecule has 4 heterocycles. The van der Waals surface area contributed by atoms with Crippen molar-refractivity contribution in [2.45, 2.75) is 51.5 Å². The van der Waals surface area contributed by atoms with Crippen molar-refractivity contribution in [1.29, 1.82) is 0 Å². The maximum atomic E-state index is 6.40. The molecule has 0 aliphatic carbocycles. The summed E-state index contributed by atoms with van der Waals surface area (Å²) >= 11 is 0. The molecule has 5 aromatic rings. The molecule has 3 nitrogen and oxygen atoms in total. The summed E-state index contributed by atoms with van der Waals surface area (Å²) in [5.41, 5.74) is 13.2. The number of nitrogens with zero attached hydrogens (tertiary/aromatic N) is 2. The van der Waals surface area contributed by atoms with Crippen molar-refractivity contribution in [1.82, 2.24) is 0 Å². The number of para-hydroxylation sites is 3. The summed E-state index contributed by atoms with van der Waals surface area (Å²) in [5.74, 6) is 1.80. The Morgan fingerprint density at radius 3 is 2.29 bits per heavy atom. The van der Waals surface area contributed by atoms with Gasteiger partial charge < -0.3 is 9.64 Å². The van der Waals surface area contributed by atoms with Gasteiger partial charge in [-0.15, -0.1) is 0 Å². The second-order valence-corrected chi connectivity index (χ2v) is 12.3. The molecular weight excluding hydrogens is 512 g/mol. The predicted molar refractivity (Wildman–Crippen MR) is 172 cm³/mol. The molecular formula is C39H35N2O+. The van der Waals surface area contributed by atoms with Crippen molar-refractivity contribution in [3.05, 3.63) is 127 Å². The summed E-state index contributed by atoms with van der Waals surface area (Å²) in [5, 5.41) is 0. The van der Waals surface area contributed by atoms with Gasteiger partial charge in [-0.25, -0.2) is 0 Å². The molecule has 0 spiro atoms. The van der Waals surface area contributed by atoms with Crippen molar-refractivity contribution in [2.75, 3.05) is 4.90 Å². The number of hydrogen-bond donors (Lipinski definition) is 0. The summed E-state index contributed by atoms with van der Waals surface area (Å²) in [6, 6.07) is 35.3. The average Bonchev–Trinajstić information content (AvgIpc) is 3.03. The Hall–Kier alpha value is -4.63. The zero-order chi connectivity index (χ0) is 28.8. The lowest BCUT2D eigenvalue weighted by Crippen LogP contribution is -2.59. The normalized spacial score (nSPS) is 16.4. The van der Waals surface area contributed by atoms with Crippen molar-refractivity contribution < 1.29 is 9.30 Å². The number of ether oxygens (including phenoxy) is 1. The highest BCUT2D eigenvalue weighted by Crippen LogP contribution is 2.60. The van der Waals surface area contributed by atoms with Gasteiger partial charge in [-0.05, 0) is 70.3 Å². The van der Waals surface area contributed by atoms with Gasteiger partial charge in [0.2, 0.25) is 5.69 Å². The Balaban J connectivity index is 1.31. The first kappa shape index (κ1) is 25.1. The Kier molecular flexibility index (Phi) is 5.19. The molecule has 4 aromatic carbocycles. The van der Waals surface area contributed by atoms with E-state index in [-0.39, 0.29) is 11.0 Å². The third-order valence-electron chi connectivity index (χ3n) is 10.1. The highest BCUT2D eigenvalue weighted by atomic mass is 16.5.